The molecular formula is C21H15F3N2S. The molecule has 0 amide bonds. The molecule has 0 unspecified atom stereocenters. The minimum Gasteiger partial charge on any atom is -0.326 e. The highest BCUT2D eigenvalue weighted by Gasteiger charge is 2.34. The monoisotopic (exact) mass is 384 g/mol. The van der Waals surface area contributed by atoms with Crippen LogP contribution in [-0.4, -0.2) is 4.98 Å². The minimum absolute atomic E-state index is 0.177. The summed E-state index contributed by atoms with van der Waals surface area (Å²) in [6.45, 7) is 0.373. The van der Waals surface area contributed by atoms with Gasteiger partial charge in [-0.15, -0.1) is 11.3 Å². The normalized spacial score (nSPS) is 11.9. The molecule has 6 heteroatoms. The summed E-state index contributed by atoms with van der Waals surface area (Å²) in [7, 11) is 0. The van der Waals surface area contributed by atoms with E-state index in [1.165, 1.54) is 23.5 Å². The second-order valence-corrected chi connectivity index (χ2v) is 7.21. The largest absolute Gasteiger partial charge is 0.417 e. The van der Waals surface area contributed by atoms with Crippen LogP contribution in [0, 0.1) is 0 Å². The van der Waals surface area contributed by atoms with Gasteiger partial charge < -0.3 is 5.73 Å². The molecule has 2 N–H and O–H groups in total. The van der Waals surface area contributed by atoms with Crippen molar-refractivity contribution in [2.24, 2.45) is 5.73 Å². The van der Waals surface area contributed by atoms with Crippen LogP contribution in [0.25, 0.3) is 31.8 Å². The average molecular weight is 384 g/mol. The minimum atomic E-state index is -4.44. The molecule has 2 aromatic heterocycles. The molecule has 0 bridgehead atoms. The van der Waals surface area contributed by atoms with E-state index in [0.29, 0.717) is 17.7 Å². The lowest BCUT2D eigenvalue weighted by Gasteiger charge is -2.14. The van der Waals surface area contributed by atoms with Crippen LogP contribution < -0.4 is 5.73 Å². The number of nitrogens with two attached hydrogens (primary N) is 1. The van der Waals surface area contributed by atoms with E-state index in [1.807, 2.05) is 12.1 Å². The van der Waals surface area contributed by atoms with Crippen LogP contribution in [0.2, 0.25) is 0 Å². The lowest BCUT2D eigenvalue weighted by Crippen LogP contribution is -2.07. The van der Waals surface area contributed by atoms with E-state index in [1.54, 1.807) is 42.6 Å². The highest BCUT2D eigenvalue weighted by molar-refractivity contribution is 7.21. The van der Waals surface area contributed by atoms with E-state index in [9.17, 15) is 13.2 Å². The second-order valence-electron chi connectivity index (χ2n) is 6.18. The maximum absolute atomic E-state index is 13.7. The fraction of sp³-hybridized carbons (Fsp3) is 0.0952. The zero-order valence-corrected chi connectivity index (χ0v) is 14.9. The van der Waals surface area contributed by atoms with Gasteiger partial charge >= 0.3 is 6.18 Å². The molecule has 0 aliphatic heterocycles. The molecule has 0 saturated carbocycles. The number of aromatic nitrogens is 1. The summed E-state index contributed by atoms with van der Waals surface area (Å²) < 4.78 is 41.1. The molecule has 2 aromatic carbocycles. The molecule has 0 saturated heterocycles. The van der Waals surface area contributed by atoms with E-state index in [-0.39, 0.29) is 5.56 Å². The Morgan fingerprint density at radius 2 is 1.70 bits per heavy atom. The number of hydrogen-bond acceptors (Lipinski definition) is 3. The van der Waals surface area contributed by atoms with Gasteiger partial charge in [-0.2, -0.15) is 13.2 Å². The maximum Gasteiger partial charge on any atom is 0.417 e. The number of fused-ring (bicyclic) bond motifs is 1. The van der Waals surface area contributed by atoms with Gasteiger partial charge in [-0.3, -0.25) is 0 Å². The summed E-state index contributed by atoms with van der Waals surface area (Å²) in [6.07, 6.45) is -2.74. The first-order valence-corrected chi connectivity index (χ1v) is 9.13. The Kier molecular flexibility index (Phi) is 4.45. The molecule has 0 spiro atoms. The number of rotatable bonds is 3. The summed E-state index contributed by atoms with van der Waals surface area (Å²) in [5.41, 5.74) is 7.14. The van der Waals surface area contributed by atoms with Gasteiger partial charge in [0.1, 0.15) is 4.83 Å². The summed E-state index contributed by atoms with van der Waals surface area (Å²) in [6, 6.07) is 16.9. The van der Waals surface area contributed by atoms with Gasteiger partial charge in [0.05, 0.1) is 5.56 Å². The molecule has 136 valence electrons. The standard InChI is InChI=1S/C21H15F3N2S/c22-21(23,24)18-9-15(6-7-17(18)14-4-2-1-3-5-14)19-10-16-8-13(11-25)12-26-20(16)27-19/h1-10,12H,11,25H2. The summed E-state index contributed by atoms with van der Waals surface area (Å²) in [5, 5.41) is 0.888. The van der Waals surface area contributed by atoms with Crippen molar-refractivity contribution < 1.29 is 13.2 Å². The van der Waals surface area contributed by atoms with Crippen molar-refractivity contribution in [2.75, 3.05) is 0 Å². The molecule has 0 fully saturated rings. The number of benzene rings is 2. The quantitative estimate of drug-likeness (QED) is 0.463. The van der Waals surface area contributed by atoms with E-state index in [2.05, 4.69) is 4.98 Å². The lowest BCUT2D eigenvalue weighted by molar-refractivity contribution is -0.137. The Balaban J connectivity index is 1.85. The van der Waals surface area contributed by atoms with Crippen LogP contribution in [0.1, 0.15) is 11.1 Å². The smallest absolute Gasteiger partial charge is 0.326 e. The maximum atomic E-state index is 13.7. The van der Waals surface area contributed by atoms with Crippen molar-refractivity contribution in [2.45, 2.75) is 12.7 Å². The first-order valence-electron chi connectivity index (χ1n) is 8.31. The van der Waals surface area contributed by atoms with E-state index in [0.717, 1.165) is 20.7 Å². The van der Waals surface area contributed by atoms with Crippen molar-refractivity contribution in [3.8, 4) is 21.6 Å². The van der Waals surface area contributed by atoms with Crippen LogP contribution in [0.15, 0.2) is 66.9 Å². The van der Waals surface area contributed by atoms with Gasteiger partial charge in [-0.1, -0.05) is 42.5 Å². The van der Waals surface area contributed by atoms with Gasteiger partial charge in [-0.25, -0.2) is 4.98 Å². The molecular weight excluding hydrogens is 369 g/mol. The number of nitrogens with zero attached hydrogens (tertiary/aromatic N) is 1. The number of hydrogen-bond donors (Lipinski definition) is 1. The summed E-state index contributed by atoms with van der Waals surface area (Å²) >= 11 is 1.37. The lowest BCUT2D eigenvalue weighted by atomic mass is 9.96. The van der Waals surface area contributed by atoms with Crippen molar-refractivity contribution in [3.05, 3.63) is 78.0 Å². The number of thiophene rings is 1. The molecule has 4 rings (SSSR count). The van der Waals surface area contributed by atoms with Gasteiger partial charge in [0, 0.05) is 23.0 Å². The SMILES string of the molecule is NCc1cnc2sc(-c3ccc(-c4ccccc4)c(C(F)(F)F)c3)cc2c1. The Labute approximate surface area is 158 Å². The molecule has 0 atom stereocenters. The highest BCUT2D eigenvalue weighted by atomic mass is 32.1. The van der Waals surface area contributed by atoms with Crippen molar-refractivity contribution >= 4 is 21.6 Å². The van der Waals surface area contributed by atoms with Crippen LogP contribution >= 0.6 is 11.3 Å². The van der Waals surface area contributed by atoms with Crippen molar-refractivity contribution in [1.29, 1.82) is 0 Å². The molecule has 0 aliphatic rings. The van der Waals surface area contributed by atoms with Crippen LogP contribution in [-0.2, 0) is 12.7 Å². The third kappa shape index (κ3) is 3.46. The zero-order valence-electron chi connectivity index (χ0n) is 14.1. The van der Waals surface area contributed by atoms with Crippen LogP contribution in [0.5, 0.6) is 0 Å². The number of pyridine rings is 1. The Hall–Kier alpha value is -2.70. The Morgan fingerprint density at radius 3 is 2.41 bits per heavy atom. The fourth-order valence-electron chi connectivity index (χ4n) is 3.03. The molecule has 4 aromatic rings. The molecule has 0 radical (unpaired) electrons. The van der Waals surface area contributed by atoms with Gasteiger partial charge in [0.2, 0.25) is 0 Å². The fourth-order valence-corrected chi connectivity index (χ4v) is 4.01. The highest BCUT2D eigenvalue weighted by Crippen LogP contribution is 2.41. The van der Waals surface area contributed by atoms with Gasteiger partial charge in [-0.05, 0) is 40.5 Å². The second kappa shape index (κ2) is 6.79. The van der Waals surface area contributed by atoms with Crippen molar-refractivity contribution in [1.82, 2.24) is 4.98 Å². The van der Waals surface area contributed by atoms with Gasteiger partial charge in [0.15, 0.2) is 0 Å². The third-order valence-electron chi connectivity index (χ3n) is 4.36. The van der Waals surface area contributed by atoms with E-state index >= 15 is 0 Å². The van der Waals surface area contributed by atoms with E-state index in [4.69, 9.17) is 5.73 Å². The molecule has 2 nitrogen and oxygen atoms in total. The molecule has 2 heterocycles. The first kappa shape index (κ1) is 17.7. The zero-order chi connectivity index (χ0) is 19.0. The predicted molar refractivity (Wildman–Crippen MR) is 103 cm³/mol. The topological polar surface area (TPSA) is 38.9 Å². The van der Waals surface area contributed by atoms with Crippen LogP contribution in [0.4, 0.5) is 13.2 Å². The summed E-state index contributed by atoms with van der Waals surface area (Å²) in [5.74, 6) is 0. The Bertz CT molecular complexity index is 1100. The third-order valence-corrected chi connectivity index (χ3v) is 5.47. The summed E-state index contributed by atoms with van der Waals surface area (Å²) in [4.78, 5) is 5.88. The first-order chi connectivity index (χ1) is 13.0. The van der Waals surface area contributed by atoms with E-state index < -0.39 is 11.7 Å². The number of halogens is 3. The average Bonchev–Trinajstić information content (AvgIpc) is 3.10. The Morgan fingerprint density at radius 1 is 0.926 bits per heavy atom. The predicted octanol–water partition coefficient (Wildman–Crippen LogP) is 6.11. The van der Waals surface area contributed by atoms with Crippen molar-refractivity contribution in [3.63, 3.8) is 0 Å². The van der Waals surface area contributed by atoms with Gasteiger partial charge in [0.25, 0.3) is 0 Å². The number of alkyl halides is 3. The van der Waals surface area contributed by atoms with Crippen LogP contribution in [0.3, 0.4) is 0 Å². The molecule has 0 aliphatic carbocycles. The molecule has 27 heavy (non-hydrogen) atoms.